The van der Waals surface area contributed by atoms with Crippen LogP contribution < -0.4 is 5.32 Å². The van der Waals surface area contributed by atoms with Gasteiger partial charge < -0.3 is 5.32 Å². The molecule has 0 aliphatic rings. The van der Waals surface area contributed by atoms with Gasteiger partial charge in [-0.3, -0.25) is 4.79 Å². The lowest BCUT2D eigenvalue weighted by Crippen LogP contribution is -2.16. The first-order valence-corrected chi connectivity index (χ1v) is 6.89. The van der Waals surface area contributed by atoms with Crippen molar-refractivity contribution in [2.75, 3.05) is 5.32 Å². The summed E-state index contributed by atoms with van der Waals surface area (Å²) in [5.74, 6) is -0.301. The molecule has 0 saturated carbocycles. The van der Waals surface area contributed by atoms with Crippen LogP contribution in [0.15, 0.2) is 61.1 Å². The zero-order chi connectivity index (χ0) is 17.2. The monoisotopic (exact) mass is 332 g/mol. The summed E-state index contributed by atoms with van der Waals surface area (Å²) in [5.41, 5.74) is -0.641. The van der Waals surface area contributed by atoms with Crippen molar-refractivity contribution in [3.05, 3.63) is 72.2 Å². The topological polar surface area (TPSA) is 59.8 Å². The number of carbonyl (C=O) groups is 1. The molecule has 3 aromatic rings. The van der Waals surface area contributed by atoms with Gasteiger partial charge in [0, 0.05) is 24.2 Å². The van der Waals surface area contributed by atoms with Gasteiger partial charge in [-0.1, -0.05) is 6.07 Å². The van der Waals surface area contributed by atoms with Crippen LogP contribution in [0.2, 0.25) is 0 Å². The highest BCUT2D eigenvalue weighted by Gasteiger charge is 2.30. The molecule has 5 nitrogen and oxygen atoms in total. The molecule has 0 aliphatic heterocycles. The molecule has 0 saturated heterocycles. The third kappa shape index (κ3) is 3.27. The molecule has 3 rings (SSSR count). The molecular formula is C16H11F3N4O. The van der Waals surface area contributed by atoms with E-state index in [4.69, 9.17) is 0 Å². The van der Waals surface area contributed by atoms with Gasteiger partial charge in [0.25, 0.3) is 5.91 Å². The normalized spacial score (nSPS) is 11.3. The standard InChI is InChI=1S/C16H11F3N4O/c17-16(18,19)12-5-1-4-11(10-12)15(24)22-13-6-2-7-20-14(13)23-9-3-8-21-23/h1-10H,(H,22,24). The molecule has 8 heteroatoms. The van der Waals surface area contributed by atoms with Crippen molar-refractivity contribution in [3.8, 4) is 5.82 Å². The minimum absolute atomic E-state index is 0.0971. The average Bonchev–Trinajstić information content (AvgIpc) is 3.09. The van der Waals surface area contributed by atoms with Gasteiger partial charge >= 0.3 is 6.18 Å². The van der Waals surface area contributed by atoms with Crippen LogP contribution in [-0.4, -0.2) is 20.7 Å². The summed E-state index contributed by atoms with van der Waals surface area (Å²) in [4.78, 5) is 16.4. The van der Waals surface area contributed by atoms with Gasteiger partial charge in [0.15, 0.2) is 5.82 Å². The predicted molar refractivity (Wildman–Crippen MR) is 80.8 cm³/mol. The lowest BCUT2D eigenvalue weighted by molar-refractivity contribution is -0.137. The lowest BCUT2D eigenvalue weighted by atomic mass is 10.1. The van der Waals surface area contributed by atoms with Gasteiger partial charge in [0.1, 0.15) is 0 Å². The minimum atomic E-state index is -4.51. The van der Waals surface area contributed by atoms with Crippen LogP contribution in [0.4, 0.5) is 18.9 Å². The summed E-state index contributed by atoms with van der Waals surface area (Å²) in [7, 11) is 0. The van der Waals surface area contributed by atoms with Crippen molar-refractivity contribution in [1.29, 1.82) is 0 Å². The summed E-state index contributed by atoms with van der Waals surface area (Å²) in [5, 5.41) is 6.59. The lowest BCUT2D eigenvalue weighted by Gasteiger charge is -2.11. The van der Waals surface area contributed by atoms with E-state index in [2.05, 4.69) is 15.4 Å². The van der Waals surface area contributed by atoms with Crippen molar-refractivity contribution in [1.82, 2.24) is 14.8 Å². The number of aromatic nitrogens is 3. The smallest absolute Gasteiger partial charge is 0.319 e. The molecular weight excluding hydrogens is 321 g/mol. The Morgan fingerprint density at radius 1 is 1.08 bits per heavy atom. The van der Waals surface area contributed by atoms with Crippen LogP contribution in [0.1, 0.15) is 15.9 Å². The highest BCUT2D eigenvalue weighted by Crippen LogP contribution is 2.29. The fourth-order valence-electron chi connectivity index (χ4n) is 2.10. The average molecular weight is 332 g/mol. The number of amides is 1. The summed E-state index contributed by atoms with van der Waals surface area (Å²) in [6.07, 6.45) is 0.205. The van der Waals surface area contributed by atoms with E-state index < -0.39 is 17.6 Å². The van der Waals surface area contributed by atoms with E-state index >= 15 is 0 Å². The van der Waals surface area contributed by atoms with Gasteiger partial charge in [-0.15, -0.1) is 0 Å². The second-order valence-electron chi connectivity index (χ2n) is 4.86. The summed E-state index contributed by atoms with van der Waals surface area (Å²) < 4.78 is 39.7. The maximum absolute atomic E-state index is 12.8. The van der Waals surface area contributed by atoms with Gasteiger partial charge in [-0.25, -0.2) is 9.67 Å². The molecule has 0 spiro atoms. The fourth-order valence-corrected chi connectivity index (χ4v) is 2.10. The minimum Gasteiger partial charge on any atom is -0.319 e. The van der Waals surface area contributed by atoms with Gasteiger partial charge in [0.2, 0.25) is 0 Å². The highest BCUT2D eigenvalue weighted by atomic mass is 19.4. The van der Waals surface area contributed by atoms with E-state index in [0.29, 0.717) is 11.5 Å². The van der Waals surface area contributed by atoms with E-state index in [-0.39, 0.29) is 5.56 Å². The Hall–Kier alpha value is -3.16. The Kier molecular flexibility index (Phi) is 4.03. The number of nitrogens with zero attached hydrogens (tertiary/aromatic N) is 3. The quantitative estimate of drug-likeness (QED) is 0.798. The third-order valence-corrected chi connectivity index (χ3v) is 3.21. The van der Waals surface area contributed by atoms with Crippen LogP contribution in [0.3, 0.4) is 0 Å². The maximum Gasteiger partial charge on any atom is 0.416 e. The van der Waals surface area contributed by atoms with E-state index in [1.807, 2.05) is 0 Å². The Balaban J connectivity index is 1.89. The summed E-state index contributed by atoms with van der Waals surface area (Å²) in [6.45, 7) is 0. The fraction of sp³-hybridized carbons (Fsp3) is 0.0625. The molecule has 0 aliphatic carbocycles. The number of halogens is 3. The molecule has 0 radical (unpaired) electrons. The number of benzene rings is 1. The molecule has 2 aromatic heterocycles. The van der Waals surface area contributed by atoms with Crippen LogP contribution in [0.25, 0.3) is 5.82 Å². The Morgan fingerprint density at radius 2 is 1.92 bits per heavy atom. The first kappa shape index (κ1) is 15.7. The van der Waals surface area contributed by atoms with E-state index in [1.54, 1.807) is 30.6 Å². The molecule has 0 unspecified atom stereocenters. The molecule has 0 atom stereocenters. The molecule has 1 amide bonds. The van der Waals surface area contributed by atoms with Gasteiger partial charge in [-0.05, 0) is 36.4 Å². The number of nitrogens with one attached hydrogen (secondary N) is 1. The van der Waals surface area contributed by atoms with E-state index in [9.17, 15) is 18.0 Å². The van der Waals surface area contributed by atoms with Crippen molar-refractivity contribution >= 4 is 11.6 Å². The van der Waals surface area contributed by atoms with Crippen molar-refractivity contribution in [2.24, 2.45) is 0 Å². The van der Waals surface area contributed by atoms with Crippen molar-refractivity contribution in [3.63, 3.8) is 0 Å². The number of hydrogen-bond donors (Lipinski definition) is 1. The second kappa shape index (κ2) is 6.15. The van der Waals surface area contributed by atoms with E-state index in [0.717, 1.165) is 12.1 Å². The summed E-state index contributed by atoms with van der Waals surface area (Å²) >= 11 is 0. The zero-order valence-electron chi connectivity index (χ0n) is 12.2. The van der Waals surface area contributed by atoms with Crippen LogP contribution in [0.5, 0.6) is 0 Å². The first-order chi connectivity index (χ1) is 11.4. The highest BCUT2D eigenvalue weighted by molar-refractivity contribution is 6.05. The number of pyridine rings is 1. The van der Waals surface area contributed by atoms with Gasteiger partial charge in [-0.2, -0.15) is 18.3 Å². The Bertz CT molecular complexity index is 860. The molecule has 2 heterocycles. The molecule has 122 valence electrons. The second-order valence-corrected chi connectivity index (χ2v) is 4.86. The summed E-state index contributed by atoms with van der Waals surface area (Å²) in [6, 6.07) is 9.11. The van der Waals surface area contributed by atoms with Crippen molar-refractivity contribution in [2.45, 2.75) is 6.18 Å². The molecule has 24 heavy (non-hydrogen) atoms. The largest absolute Gasteiger partial charge is 0.416 e. The van der Waals surface area contributed by atoms with Crippen LogP contribution in [-0.2, 0) is 6.18 Å². The number of alkyl halides is 3. The van der Waals surface area contributed by atoms with Crippen LogP contribution >= 0.6 is 0 Å². The number of anilines is 1. The zero-order valence-corrected chi connectivity index (χ0v) is 12.2. The molecule has 0 fully saturated rings. The number of rotatable bonds is 3. The van der Waals surface area contributed by atoms with Crippen molar-refractivity contribution < 1.29 is 18.0 Å². The number of carbonyl (C=O) groups excluding carboxylic acids is 1. The Labute approximate surface area is 134 Å². The molecule has 1 aromatic carbocycles. The molecule has 1 N–H and O–H groups in total. The molecule has 0 bridgehead atoms. The van der Waals surface area contributed by atoms with Crippen LogP contribution in [0, 0.1) is 0 Å². The maximum atomic E-state index is 12.8. The Morgan fingerprint density at radius 3 is 2.62 bits per heavy atom. The third-order valence-electron chi connectivity index (χ3n) is 3.21. The number of hydrogen-bond acceptors (Lipinski definition) is 3. The van der Waals surface area contributed by atoms with E-state index in [1.165, 1.54) is 23.0 Å². The van der Waals surface area contributed by atoms with Gasteiger partial charge in [0.05, 0.1) is 11.3 Å². The SMILES string of the molecule is O=C(Nc1cccnc1-n1cccn1)c1cccc(C(F)(F)F)c1. The first-order valence-electron chi connectivity index (χ1n) is 6.89. The predicted octanol–water partition coefficient (Wildman–Crippen LogP) is 3.54.